The van der Waals surface area contributed by atoms with E-state index in [4.69, 9.17) is 0 Å². The minimum atomic E-state index is 0.0602. The highest BCUT2D eigenvalue weighted by Gasteiger charge is 2.28. The largest absolute Gasteiger partial charge is 0.355 e. The molecule has 8 rings (SSSR count). The van der Waals surface area contributed by atoms with Gasteiger partial charge in [-0.05, 0) is 102 Å². The van der Waals surface area contributed by atoms with Crippen molar-refractivity contribution in [1.29, 1.82) is 15.8 Å². The van der Waals surface area contributed by atoms with Gasteiger partial charge >= 0.3 is 0 Å². The van der Waals surface area contributed by atoms with E-state index in [0.717, 1.165) is 85.1 Å². The SMILES string of the molecule is CC1C(C#N)=CCCC1c1cc(C#N)ccc1Nc1ccccc1-c1cccc(-c2ccc(C#N)c(-n3c4ccccc4c4ccccc43)c2)c1. The zero-order valence-electron chi connectivity index (χ0n) is 28.1. The van der Waals surface area contributed by atoms with Gasteiger partial charge in [0, 0.05) is 33.3 Å². The number of para-hydroxylation sites is 3. The van der Waals surface area contributed by atoms with Gasteiger partial charge in [-0.25, -0.2) is 0 Å². The molecule has 0 fully saturated rings. The van der Waals surface area contributed by atoms with Gasteiger partial charge in [0.1, 0.15) is 6.07 Å². The fraction of sp³-hybridized carbons (Fsp3) is 0.109. The van der Waals surface area contributed by atoms with Gasteiger partial charge in [-0.2, -0.15) is 15.8 Å². The number of aromatic nitrogens is 1. The van der Waals surface area contributed by atoms with Gasteiger partial charge in [0.15, 0.2) is 0 Å². The third kappa shape index (κ3) is 5.60. The molecule has 2 atom stereocenters. The molecule has 7 aromatic rings. The summed E-state index contributed by atoms with van der Waals surface area (Å²) in [6.07, 6.45) is 3.80. The number of anilines is 2. The number of fused-ring (bicyclic) bond motifs is 3. The van der Waals surface area contributed by atoms with E-state index >= 15 is 0 Å². The van der Waals surface area contributed by atoms with Crippen LogP contribution in [-0.2, 0) is 0 Å². The fourth-order valence-corrected chi connectivity index (χ4v) is 7.72. The highest BCUT2D eigenvalue weighted by molar-refractivity contribution is 6.09. The molecule has 0 bridgehead atoms. The Balaban J connectivity index is 1.20. The lowest BCUT2D eigenvalue weighted by molar-refractivity contribution is 0.478. The second kappa shape index (κ2) is 13.2. The first-order valence-electron chi connectivity index (χ1n) is 17.2. The van der Waals surface area contributed by atoms with Crippen molar-refractivity contribution in [3.8, 4) is 46.1 Å². The van der Waals surface area contributed by atoms with Crippen LogP contribution in [0.4, 0.5) is 11.4 Å². The molecular weight excluding hydrogens is 623 g/mol. The maximum atomic E-state index is 10.2. The molecule has 0 aliphatic heterocycles. The Morgan fingerprint density at radius 2 is 1.33 bits per heavy atom. The van der Waals surface area contributed by atoms with Crippen molar-refractivity contribution in [1.82, 2.24) is 4.57 Å². The number of nitrogens with one attached hydrogen (secondary N) is 1. The minimum Gasteiger partial charge on any atom is -0.355 e. The van der Waals surface area contributed by atoms with Gasteiger partial charge < -0.3 is 9.88 Å². The molecule has 1 aromatic heterocycles. The molecule has 0 radical (unpaired) electrons. The Hall–Kier alpha value is -6.87. The average molecular weight is 656 g/mol. The molecule has 1 N–H and O–H groups in total. The van der Waals surface area contributed by atoms with Crippen LogP contribution in [0.3, 0.4) is 0 Å². The molecule has 0 spiro atoms. The summed E-state index contributed by atoms with van der Waals surface area (Å²) in [5.41, 5.74) is 12.1. The first kappa shape index (κ1) is 31.4. The van der Waals surface area contributed by atoms with Gasteiger partial charge in [-0.1, -0.05) is 91.9 Å². The summed E-state index contributed by atoms with van der Waals surface area (Å²) in [7, 11) is 0. The van der Waals surface area contributed by atoms with E-state index in [0.29, 0.717) is 11.1 Å². The number of allylic oxidation sites excluding steroid dienone is 2. The van der Waals surface area contributed by atoms with E-state index < -0.39 is 0 Å². The lowest BCUT2D eigenvalue weighted by atomic mass is 9.75. The summed E-state index contributed by atoms with van der Waals surface area (Å²) in [5.74, 6) is 0.182. The second-order valence-corrected chi connectivity index (χ2v) is 13.1. The standard InChI is InChI=1S/C46H33N5/c1-30-35(28-48)12-9-16-37(30)41-24-31(27-47)20-23-43(41)50-42-17-5-2-13-38(42)34-11-8-10-32(25-34)33-21-22-36(29-49)46(26-33)51-44-18-6-3-14-39(44)40-15-4-7-19-45(40)51/h2-8,10-15,17-26,30,37,50H,9,16H2,1H3. The molecule has 1 aliphatic rings. The van der Waals surface area contributed by atoms with E-state index in [-0.39, 0.29) is 11.8 Å². The lowest BCUT2D eigenvalue weighted by Gasteiger charge is -2.30. The number of hydrogen-bond acceptors (Lipinski definition) is 4. The van der Waals surface area contributed by atoms with Crippen molar-refractivity contribution in [3.05, 3.63) is 162 Å². The lowest BCUT2D eigenvalue weighted by Crippen LogP contribution is -2.17. The predicted molar refractivity (Wildman–Crippen MR) is 206 cm³/mol. The van der Waals surface area contributed by atoms with Crippen molar-refractivity contribution in [2.24, 2.45) is 5.92 Å². The normalized spacial score (nSPS) is 15.5. The highest BCUT2D eigenvalue weighted by Crippen LogP contribution is 2.43. The number of nitriles is 3. The Bertz CT molecular complexity index is 2590. The summed E-state index contributed by atoms with van der Waals surface area (Å²) in [6, 6.07) is 52.5. The molecular formula is C46H33N5. The Morgan fingerprint density at radius 1 is 0.627 bits per heavy atom. The van der Waals surface area contributed by atoms with Gasteiger partial charge in [0.2, 0.25) is 0 Å². The van der Waals surface area contributed by atoms with Gasteiger partial charge in [0.25, 0.3) is 0 Å². The van der Waals surface area contributed by atoms with Crippen LogP contribution < -0.4 is 5.32 Å². The molecule has 242 valence electrons. The van der Waals surface area contributed by atoms with Crippen LogP contribution in [0.5, 0.6) is 0 Å². The molecule has 6 aromatic carbocycles. The predicted octanol–water partition coefficient (Wildman–Crippen LogP) is 11.6. The van der Waals surface area contributed by atoms with Crippen LogP contribution in [0.1, 0.15) is 42.4 Å². The quantitative estimate of drug-likeness (QED) is 0.193. The highest BCUT2D eigenvalue weighted by atomic mass is 15.0. The van der Waals surface area contributed by atoms with E-state index in [9.17, 15) is 15.8 Å². The molecule has 5 nitrogen and oxygen atoms in total. The molecule has 1 heterocycles. The summed E-state index contributed by atoms with van der Waals surface area (Å²) in [6.45, 7) is 2.11. The Labute approximate surface area is 297 Å². The van der Waals surface area contributed by atoms with Crippen molar-refractivity contribution < 1.29 is 0 Å². The van der Waals surface area contributed by atoms with Crippen molar-refractivity contribution >= 4 is 33.2 Å². The molecule has 0 saturated carbocycles. The maximum Gasteiger partial charge on any atom is 0.101 e. The van der Waals surface area contributed by atoms with Crippen molar-refractivity contribution in [2.45, 2.75) is 25.7 Å². The number of nitrogens with zero attached hydrogens (tertiary/aromatic N) is 4. The fourth-order valence-electron chi connectivity index (χ4n) is 7.72. The third-order valence-electron chi connectivity index (χ3n) is 10.3. The number of benzene rings is 6. The van der Waals surface area contributed by atoms with Crippen LogP contribution in [0.2, 0.25) is 0 Å². The van der Waals surface area contributed by atoms with E-state index in [2.05, 4.69) is 114 Å². The third-order valence-corrected chi connectivity index (χ3v) is 10.3. The summed E-state index contributed by atoms with van der Waals surface area (Å²) >= 11 is 0. The first-order chi connectivity index (χ1) is 25.1. The van der Waals surface area contributed by atoms with Gasteiger partial charge in [-0.15, -0.1) is 0 Å². The zero-order chi connectivity index (χ0) is 34.9. The molecule has 2 unspecified atom stereocenters. The van der Waals surface area contributed by atoms with E-state index in [1.807, 2.05) is 60.7 Å². The van der Waals surface area contributed by atoms with Crippen LogP contribution in [-0.4, -0.2) is 4.57 Å². The molecule has 0 amide bonds. The molecule has 51 heavy (non-hydrogen) atoms. The summed E-state index contributed by atoms with van der Waals surface area (Å²) < 4.78 is 2.20. The minimum absolute atomic E-state index is 0.0602. The van der Waals surface area contributed by atoms with Crippen molar-refractivity contribution in [2.75, 3.05) is 5.32 Å². The molecule has 0 saturated heterocycles. The Morgan fingerprint density at radius 3 is 2.08 bits per heavy atom. The van der Waals surface area contributed by atoms with Crippen LogP contribution in [0.25, 0.3) is 49.7 Å². The van der Waals surface area contributed by atoms with Gasteiger partial charge in [-0.3, -0.25) is 0 Å². The van der Waals surface area contributed by atoms with Crippen molar-refractivity contribution in [3.63, 3.8) is 0 Å². The Kier molecular flexibility index (Phi) is 8.13. The maximum absolute atomic E-state index is 10.2. The number of hydrogen-bond donors (Lipinski definition) is 1. The summed E-state index contributed by atoms with van der Waals surface area (Å²) in [4.78, 5) is 0. The number of rotatable bonds is 6. The van der Waals surface area contributed by atoms with Gasteiger partial charge in [0.05, 0.1) is 40.0 Å². The van der Waals surface area contributed by atoms with E-state index in [1.165, 1.54) is 0 Å². The molecule has 5 heteroatoms. The molecule has 1 aliphatic carbocycles. The van der Waals surface area contributed by atoms with E-state index in [1.54, 1.807) is 0 Å². The average Bonchev–Trinajstić information content (AvgIpc) is 3.52. The topological polar surface area (TPSA) is 88.3 Å². The smallest absolute Gasteiger partial charge is 0.101 e. The zero-order valence-corrected chi connectivity index (χ0v) is 28.1. The summed E-state index contributed by atoms with van der Waals surface area (Å²) in [5, 5.41) is 35.8. The van der Waals surface area contributed by atoms with Crippen LogP contribution in [0.15, 0.2) is 145 Å². The van der Waals surface area contributed by atoms with Crippen LogP contribution in [0, 0.1) is 39.9 Å². The first-order valence-corrected chi connectivity index (χ1v) is 17.2. The monoisotopic (exact) mass is 655 g/mol. The van der Waals surface area contributed by atoms with Crippen LogP contribution >= 0.6 is 0 Å². The second-order valence-electron chi connectivity index (χ2n) is 13.1.